The highest BCUT2D eigenvalue weighted by molar-refractivity contribution is 7.98. The van der Waals surface area contributed by atoms with E-state index in [0.29, 0.717) is 5.75 Å². The van der Waals surface area contributed by atoms with Crippen LogP contribution in [-0.4, -0.2) is 23.1 Å². The topological polar surface area (TPSA) is 89.7 Å². The Bertz CT molecular complexity index is 683. The van der Waals surface area contributed by atoms with Gasteiger partial charge < -0.3 is 9.84 Å². The van der Waals surface area contributed by atoms with Crippen molar-refractivity contribution in [1.29, 1.82) is 0 Å². The first-order valence-electron chi connectivity index (χ1n) is 5.77. The first kappa shape index (κ1) is 15.3. The van der Waals surface area contributed by atoms with Crippen molar-refractivity contribution in [2.24, 2.45) is 0 Å². The average molecular weight is 325 g/mol. The molecule has 0 amide bonds. The fourth-order valence-electron chi connectivity index (χ4n) is 1.64. The van der Waals surface area contributed by atoms with Crippen molar-refractivity contribution in [2.45, 2.75) is 10.6 Å². The summed E-state index contributed by atoms with van der Waals surface area (Å²) in [7, 11) is 1.38. The van der Waals surface area contributed by atoms with Crippen LogP contribution in [0.5, 0.6) is 5.75 Å². The molecule has 0 aliphatic carbocycles. The third-order valence-corrected chi connectivity index (χ3v) is 4.75. The summed E-state index contributed by atoms with van der Waals surface area (Å²) in [6.07, 6.45) is 0. The summed E-state index contributed by atoms with van der Waals surface area (Å²) >= 11 is 2.59. The molecule has 0 atom stereocenters. The first-order chi connectivity index (χ1) is 10.0. The molecule has 0 aliphatic rings. The monoisotopic (exact) mass is 325 g/mol. The molecule has 0 unspecified atom stereocenters. The third kappa shape index (κ3) is 3.73. The van der Waals surface area contributed by atoms with Crippen LogP contribution in [-0.2, 0) is 5.75 Å². The molecule has 0 aliphatic heterocycles. The smallest absolute Gasteiger partial charge is 0.345 e. The SMILES string of the molecule is COc1ccc(CSc2csc(C(=O)O)c2)cc1[N+](=O)[O-]. The predicted molar refractivity (Wildman–Crippen MR) is 80.5 cm³/mol. The lowest BCUT2D eigenvalue weighted by Crippen LogP contribution is -1.95. The van der Waals surface area contributed by atoms with Crippen molar-refractivity contribution in [3.63, 3.8) is 0 Å². The van der Waals surface area contributed by atoms with Gasteiger partial charge in [0.1, 0.15) is 4.88 Å². The third-order valence-electron chi connectivity index (χ3n) is 2.63. The number of nitro groups is 1. The number of benzene rings is 1. The highest BCUT2D eigenvalue weighted by Gasteiger charge is 2.15. The van der Waals surface area contributed by atoms with Gasteiger partial charge in [0.15, 0.2) is 5.75 Å². The van der Waals surface area contributed by atoms with Gasteiger partial charge in [0.2, 0.25) is 0 Å². The standard InChI is InChI=1S/C13H11NO5S2/c1-19-11-3-2-8(4-10(11)14(17)18)6-20-9-5-12(13(15)16)21-7-9/h2-5,7H,6H2,1H3,(H,15,16). The Balaban J connectivity index is 2.10. The molecule has 110 valence electrons. The highest BCUT2D eigenvalue weighted by Crippen LogP contribution is 2.32. The molecule has 1 aromatic carbocycles. The fraction of sp³-hybridized carbons (Fsp3) is 0.154. The van der Waals surface area contributed by atoms with Crippen molar-refractivity contribution >= 4 is 34.8 Å². The number of ether oxygens (including phenoxy) is 1. The van der Waals surface area contributed by atoms with Crippen LogP contribution in [0, 0.1) is 10.1 Å². The second kappa shape index (κ2) is 6.59. The molecule has 0 saturated heterocycles. The number of carboxylic acids is 1. The molecule has 0 radical (unpaired) electrons. The van der Waals surface area contributed by atoms with Crippen molar-refractivity contribution < 1.29 is 19.6 Å². The molecule has 0 saturated carbocycles. The molecular formula is C13H11NO5S2. The molecule has 2 aromatic rings. The normalized spacial score (nSPS) is 10.3. The van der Waals surface area contributed by atoms with Gasteiger partial charge in [0, 0.05) is 22.1 Å². The van der Waals surface area contributed by atoms with Crippen LogP contribution in [0.3, 0.4) is 0 Å². The molecule has 2 rings (SSSR count). The van der Waals surface area contributed by atoms with Crippen LogP contribution in [0.15, 0.2) is 34.5 Å². The second-order valence-corrected chi connectivity index (χ2v) is 5.96. The van der Waals surface area contributed by atoms with E-state index in [1.54, 1.807) is 23.6 Å². The van der Waals surface area contributed by atoms with Crippen molar-refractivity contribution in [1.82, 2.24) is 0 Å². The summed E-state index contributed by atoms with van der Waals surface area (Å²) in [6, 6.07) is 6.37. The maximum absolute atomic E-state index is 10.9. The zero-order valence-corrected chi connectivity index (χ0v) is 12.6. The van der Waals surface area contributed by atoms with E-state index in [1.165, 1.54) is 24.9 Å². The molecule has 8 heteroatoms. The quantitative estimate of drug-likeness (QED) is 0.495. The minimum Gasteiger partial charge on any atom is -0.490 e. The number of methoxy groups -OCH3 is 1. The van der Waals surface area contributed by atoms with Crippen LogP contribution in [0.25, 0.3) is 0 Å². The number of thiophene rings is 1. The van der Waals surface area contributed by atoms with E-state index >= 15 is 0 Å². The molecular weight excluding hydrogens is 314 g/mol. The number of hydrogen-bond donors (Lipinski definition) is 1. The van der Waals surface area contributed by atoms with Crippen molar-refractivity contribution in [3.05, 3.63) is 50.2 Å². The van der Waals surface area contributed by atoms with E-state index in [1.807, 2.05) is 0 Å². The summed E-state index contributed by atoms with van der Waals surface area (Å²) in [5, 5.41) is 21.5. The van der Waals surface area contributed by atoms with Gasteiger partial charge in [-0.25, -0.2) is 4.79 Å². The summed E-state index contributed by atoms with van der Waals surface area (Å²) in [6.45, 7) is 0. The Morgan fingerprint density at radius 1 is 1.48 bits per heavy atom. The van der Waals surface area contributed by atoms with Crippen LogP contribution >= 0.6 is 23.1 Å². The Labute approximate surface area is 128 Å². The van der Waals surface area contributed by atoms with Crippen LogP contribution in [0.4, 0.5) is 5.69 Å². The van der Waals surface area contributed by atoms with E-state index in [2.05, 4.69) is 0 Å². The zero-order valence-electron chi connectivity index (χ0n) is 10.9. The minimum atomic E-state index is -0.952. The van der Waals surface area contributed by atoms with Crippen molar-refractivity contribution in [2.75, 3.05) is 7.11 Å². The lowest BCUT2D eigenvalue weighted by Gasteiger charge is -2.04. The number of rotatable bonds is 6. The number of carboxylic acid groups (broad SMARTS) is 1. The second-order valence-electron chi connectivity index (χ2n) is 4.00. The lowest BCUT2D eigenvalue weighted by atomic mass is 10.2. The Kier molecular flexibility index (Phi) is 4.81. The van der Waals surface area contributed by atoms with Crippen LogP contribution in [0.2, 0.25) is 0 Å². The first-order valence-corrected chi connectivity index (χ1v) is 7.63. The number of hydrogen-bond acceptors (Lipinski definition) is 6. The van der Waals surface area contributed by atoms with E-state index < -0.39 is 10.9 Å². The van der Waals surface area contributed by atoms with Gasteiger partial charge in [-0.2, -0.15) is 0 Å². The predicted octanol–water partition coefficient (Wildman–Crippen LogP) is 3.66. The molecule has 0 spiro atoms. The Morgan fingerprint density at radius 3 is 2.81 bits per heavy atom. The maximum atomic E-state index is 10.9. The van der Waals surface area contributed by atoms with E-state index in [9.17, 15) is 14.9 Å². The fourth-order valence-corrected chi connectivity index (χ4v) is 3.45. The number of nitrogens with zero attached hydrogens (tertiary/aromatic N) is 1. The molecule has 1 N–H and O–H groups in total. The number of thioether (sulfide) groups is 1. The largest absolute Gasteiger partial charge is 0.490 e. The zero-order chi connectivity index (χ0) is 15.4. The summed E-state index contributed by atoms with van der Waals surface area (Å²) in [4.78, 5) is 22.4. The number of carbonyl (C=O) groups is 1. The Morgan fingerprint density at radius 2 is 2.24 bits per heavy atom. The summed E-state index contributed by atoms with van der Waals surface area (Å²) in [5.41, 5.74) is 0.697. The van der Waals surface area contributed by atoms with Crippen LogP contribution < -0.4 is 4.74 Å². The van der Waals surface area contributed by atoms with E-state index in [-0.39, 0.29) is 16.3 Å². The van der Waals surface area contributed by atoms with Gasteiger partial charge >= 0.3 is 11.7 Å². The lowest BCUT2D eigenvalue weighted by molar-refractivity contribution is -0.385. The Hall–Kier alpha value is -2.06. The molecule has 0 bridgehead atoms. The maximum Gasteiger partial charge on any atom is 0.345 e. The molecule has 0 fully saturated rings. The molecule has 1 heterocycles. The van der Waals surface area contributed by atoms with E-state index in [4.69, 9.17) is 9.84 Å². The van der Waals surface area contributed by atoms with Crippen LogP contribution in [0.1, 0.15) is 15.2 Å². The van der Waals surface area contributed by atoms with Gasteiger partial charge in [-0.15, -0.1) is 23.1 Å². The summed E-state index contributed by atoms with van der Waals surface area (Å²) < 4.78 is 4.94. The molecule has 1 aromatic heterocycles. The van der Waals surface area contributed by atoms with Gasteiger partial charge in [0.25, 0.3) is 0 Å². The van der Waals surface area contributed by atoms with Gasteiger partial charge in [-0.3, -0.25) is 10.1 Å². The summed E-state index contributed by atoms with van der Waals surface area (Å²) in [5.74, 6) is -0.218. The molecule has 21 heavy (non-hydrogen) atoms. The van der Waals surface area contributed by atoms with Gasteiger partial charge in [-0.1, -0.05) is 6.07 Å². The minimum absolute atomic E-state index is 0.0767. The van der Waals surface area contributed by atoms with Crippen molar-refractivity contribution in [3.8, 4) is 5.75 Å². The van der Waals surface area contributed by atoms with Gasteiger partial charge in [0.05, 0.1) is 12.0 Å². The highest BCUT2D eigenvalue weighted by atomic mass is 32.2. The number of nitro benzene ring substituents is 1. The van der Waals surface area contributed by atoms with Gasteiger partial charge in [-0.05, 0) is 17.7 Å². The average Bonchev–Trinajstić information content (AvgIpc) is 2.94. The number of aromatic carboxylic acids is 1. The molecule has 6 nitrogen and oxygen atoms in total. The van der Waals surface area contributed by atoms with E-state index in [0.717, 1.165) is 21.8 Å².